The predicted octanol–water partition coefficient (Wildman–Crippen LogP) is 5.69. The Bertz CT molecular complexity index is 1380. The molecule has 2 amide bonds. The lowest BCUT2D eigenvalue weighted by molar-refractivity contribution is -0.124. The van der Waals surface area contributed by atoms with Crippen LogP contribution in [0.4, 0.5) is 5.69 Å². The molecule has 37 heavy (non-hydrogen) atoms. The number of hydrazone groups is 1. The predicted molar refractivity (Wildman–Crippen MR) is 146 cm³/mol. The van der Waals surface area contributed by atoms with Crippen molar-refractivity contribution in [1.82, 2.24) is 5.43 Å². The summed E-state index contributed by atoms with van der Waals surface area (Å²) < 4.78 is 11.9. The van der Waals surface area contributed by atoms with Crippen LogP contribution < -0.4 is 20.2 Å². The molecule has 0 bridgehead atoms. The van der Waals surface area contributed by atoms with Gasteiger partial charge in [-0.05, 0) is 59.2 Å². The summed E-state index contributed by atoms with van der Waals surface area (Å²) in [7, 11) is 0. The van der Waals surface area contributed by atoms with Crippen LogP contribution in [0.1, 0.15) is 30.9 Å². The number of nitrogens with zero attached hydrogens (tertiary/aromatic N) is 1. The molecule has 7 nitrogen and oxygen atoms in total. The molecule has 0 heterocycles. The maximum Gasteiger partial charge on any atom is 0.240 e. The molecular formula is C30H29N3O4. The van der Waals surface area contributed by atoms with Gasteiger partial charge in [0.05, 0.1) is 12.8 Å². The van der Waals surface area contributed by atoms with Gasteiger partial charge in [-0.2, -0.15) is 5.10 Å². The molecule has 0 aliphatic heterocycles. The minimum Gasteiger partial charge on any atom is -0.490 e. The zero-order valence-corrected chi connectivity index (χ0v) is 20.6. The van der Waals surface area contributed by atoms with Crippen LogP contribution in [0.2, 0.25) is 0 Å². The number of hydrogen-bond acceptors (Lipinski definition) is 5. The first-order chi connectivity index (χ1) is 18.1. The van der Waals surface area contributed by atoms with Crippen LogP contribution in [-0.2, 0) is 16.2 Å². The highest BCUT2D eigenvalue weighted by molar-refractivity contribution is 5.93. The molecular weight excluding hydrogens is 466 g/mol. The van der Waals surface area contributed by atoms with Crippen molar-refractivity contribution >= 4 is 34.5 Å². The Hall–Kier alpha value is -4.65. The van der Waals surface area contributed by atoms with Gasteiger partial charge in [-0.3, -0.25) is 9.59 Å². The number of anilines is 1. The largest absolute Gasteiger partial charge is 0.490 e. The van der Waals surface area contributed by atoms with E-state index in [9.17, 15) is 9.59 Å². The summed E-state index contributed by atoms with van der Waals surface area (Å²) in [6.07, 6.45) is 1.62. The summed E-state index contributed by atoms with van der Waals surface area (Å²) in [5.41, 5.74) is 4.98. The van der Waals surface area contributed by atoms with E-state index in [2.05, 4.69) is 40.1 Å². The quantitative estimate of drug-likeness (QED) is 0.207. The van der Waals surface area contributed by atoms with Crippen molar-refractivity contribution in [2.45, 2.75) is 26.4 Å². The van der Waals surface area contributed by atoms with Gasteiger partial charge >= 0.3 is 0 Å². The molecule has 0 aromatic heterocycles. The van der Waals surface area contributed by atoms with Crippen molar-refractivity contribution in [3.05, 3.63) is 102 Å². The van der Waals surface area contributed by atoms with Gasteiger partial charge in [-0.1, -0.05) is 60.7 Å². The number of para-hydroxylation sites is 1. The molecule has 0 aliphatic carbocycles. The van der Waals surface area contributed by atoms with Crippen LogP contribution >= 0.6 is 0 Å². The average molecular weight is 496 g/mol. The number of rotatable bonds is 11. The highest BCUT2D eigenvalue weighted by Gasteiger charge is 2.09. The zero-order valence-electron chi connectivity index (χ0n) is 20.6. The number of fused-ring (bicyclic) bond motifs is 1. The number of amides is 2. The summed E-state index contributed by atoms with van der Waals surface area (Å²) in [5.74, 6) is 0.640. The smallest absolute Gasteiger partial charge is 0.240 e. The molecule has 0 unspecified atom stereocenters. The van der Waals surface area contributed by atoms with Crippen molar-refractivity contribution in [3.63, 3.8) is 0 Å². The van der Waals surface area contributed by atoms with Gasteiger partial charge in [0, 0.05) is 18.5 Å². The molecule has 188 valence electrons. The maximum atomic E-state index is 12.1. The Morgan fingerprint density at radius 1 is 0.811 bits per heavy atom. The van der Waals surface area contributed by atoms with Gasteiger partial charge in [-0.15, -0.1) is 0 Å². The zero-order chi connectivity index (χ0) is 25.9. The second-order valence-corrected chi connectivity index (χ2v) is 8.27. The van der Waals surface area contributed by atoms with E-state index < -0.39 is 0 Å². The molecule has 2 N–H and O–H groups in total. The third-order valence-electron chi connectivity index (χ3n) is 5.57. The van der Waals surface area contributed by atoms with Crippen LogP contribution in [0.5, 0.6) is 11.5 Å². The first-order valence-electron chi connectivity index (χ1n) is 12.2. The fourth-order valence-electron chi connectivity index (χ4n) is 3.77. The number of nitrogens with one attached hydrogen (secondary N) is 2. The molecule has 4 rings (SSSR count). The fraction of sp³-hybridized carbons (Fsp3) is 0.167. The summed E-state index contributed by atoms with van der Waals surface area (Å²) in [6, 6.07) is 28.9. The van der Waals surface area contributed by atoms with Crippen molar-refractivity contribution in [2.75, 3.05) is 11.9 Å². The minimum absolute atomic E-state index is 0.0289. The van der Waals surface area contributed by atoms with Gasteiger partial charge in [0.25, 0.3) is 0 Å². The van der Waals surface area contributed by atoms with E-state index >= 15 is 0 Å². The Kier molecular flexibility index (Phi) is 8.86. The molecule has 0 spiro atoms. The molecule has 0 radical (unpaired) electrons. The van der Waals surface area contributed by atoms with Crippen LogP contribution in [-0.4, -0.2) is 24.6 Å². The van der Waals surface area contributed by atoms with Crippen molar-refractivity contribution in [3.8, 4) is 11.5 Å². The lowest BCUT2D eigenvalue weighted by atomic mass is 10.1. The summed E-state index contributed by atoms with van der Waals surface area (Å²) in [4.78, 5) is 24.1. The van der Waals surface area contributed by atoms with Gasteiger partial charge in [0.15, 0.2) is 11.5 Å². The second-order valence-electron chi connectivity index (χ2n) is 8.27. The maximum absolute atomic E-state index is 12.1. The normalized spacial score (nSPS) is 10.8. The summed E-state index contributed by atoms with van der Waals surface area (Å²) in [5, 5.41) is 9.08. The molecule has 7 heteroatoms. The van der Waals surface area contributed by atoms with E-state index in [1.54, 1.807) is 12.1 Å². The number of ether oxygens (including phenoxy) is 2. The van der Waals surface area contributed by atoms with Crippen molar-refractivity contribution in [2.24, 2.45) is 5.10 Å². The van der Waals surface area contributed by atoms with Crippen LogP contribution in [0.3, 0.4) is 0 Å². The lowest BCUT2D eigenvalue weighted by Gasteiger charge is -2.13. The van der Waals surface area contributed by atoms with E-state index in [1.165, 1.54) is 11.6 Å². The topological polar surface area (TPSA) is 89.0 Å². The van der Waals surface area contributed by atoms with Crippen molar-refractivity contribution in [1.29, 1.82) is 0 Å². The van der Waals surface area contributed by atoms with E-state index in [0.29, 0.717) is 30.4 Å². The number of benzene rings is 4. The molecule has 4 aromatic rings. The van der Waals surface area contributed by atoms with E-state index in [4.69, 9.17) is 9.47 Å². The first kappa shape index (κ1) is 25.4. The highest BCUT2D eigenvalue weighted by atomic mass is 16.5. The third kappa shape index (κ3) is 7.41. The van der Waals surface area contributed by atoms with E-state index in [-0.39, 0.29) is 24.7 Å². The van der Waals surface area contributed by atoms with Gasteiger partial charge in [0.1, 0.15) is 6.61 Å². The van der Waals surface area contributed by atoms with E-state index in [1.807, 2.05) is 61.5 Å². The Balaban J connectivity index is 1.31. The highest BCUT2D eigenvalue weighted by Crippen LogP contribution is 2.30. The molecule has 0 atom stereocenters. The number of hydrogen-bond donors (Lipinski definition) is 2. The van der Waals surface area contributed by atoms with Crippen molar-refractivity contribution < 1.29 is 19.1 Å². The van der Waals surface area contributed by atoms with Crippen LogP contribution in [0.25, 0.3) is 10.8 Å². The van der Waals surface area contributed by atoms with E-state index in [0.717, 1.165) is 16.5 Å². The number of carbonyl (C=O) groups is 2. The monoisotopic (exact) mass is 495 g/mol. The molecule has 0 saturated carbocycles. The summed E-state index contributed by atoms with van der Waals surface area (Å²) >= 11 is 0. The third-order valence-corrected chi connectivity index (χ3v) is 5.57. The minimum atomic E-state index is -0.348. The standard InChI is InChI=1S/C30H29N3O4/c1-2-36-28-19-22(20-31-33-30(35)18-17-29(34)32-25-12-4-3-5-13-25)15-16-27(28)37-21-24-11-8-10-23-9-6-7-14-26(23)24/h3-16,19-20H,2,17-18,21H2,1H3,(H,32,34)(H,33,35). The first-order valence-corrected chi connectivity index (χ1v) is 12.2. The lowest BCUT2D eigenvalue weighted by Crippen LogP contribution is -2.20. The Morgan fingerprint density at radius 3 is 2.41 bits per heavy atom. The fourth-order valence-corrected chi connectivity index (χ4v) is 3.77. The van der Waals surface area contributed by atoms with Crippen LogP contribution in [0.15, 0.2) is 96.1 Å². The average Bonchev–Trinajstić information content (AvgIpc) is 2.92. The number of carbonyl (C=O) groups excluding carboxylic acids is 2. The Labute approximate surface area is 216 Å². The second kappa shape index (κ2) is 12.9. The molecule has 4 aromatic carbocycles. The van der Waals surface area contributed by atoms with Crippen LogP contribution in [0, 0.1) is 0 Å². The Morgan fingerprint density at radius 2 is 1.57 bits per heavy atom. The van der Waals surface area contributed by atoms with Gasteiger partial charge in [-0.25, -0.2) is 5.43 Å². The SMILES string of the molecule is CCOc1cc(C=NNC(=O)CCC(=O)Nc2ccccc2)ccc1OCc1cccc2ccccc12. The summed E-state index contributed by atoms with van der Waals surface area (Å²) in [6.45, 7) is 2.79. The van der Waals surface area contributed by atoms with Gasteiger partial charge in [0.2, 0.25) is 11.8 Å². The molecule has 0 saturated heterocycles. The van der Waals surface area contributed by atoms with Gasteiger partial charge < -0.3 is 14.8 Å². The molecule has 0 aliphatic rings. The molecule has 0 fully saturated rings.